The molecule has 128 valence electrons. The first-order valence-corrected chi connectivity index (χ1v) is 7.56. The van der Waals surface area contributed by atoms with Gasteiger partial charge in [0.15, 0.2) is 0 Å². The predicted octanol–water partition coefficient (Wildman–Crippen LogP) is 2.55. The van der Waals surface area contributed by atoms with Crippen LogP contribution in [-0.4, -0.2) is 30.3 Å². The van der Waals surface area contributed by atoms with Crippen LogP contribution in [0.5, 0.6) is 0 Å². The zero-order valence-electron chi connectivity index (χ0n) is 13.4. The monoisotopic (exact) mass is 341 g/mol. The molecular weight excluding hydrogens is 326 g/mol. The van der Waals surface area contributed by atoms with E-state index in [9.17, 15) is 14.9 Å². The molecule has 0 fully saturated rings. The average molecular weight is 341 g/mol. The Bertz CT molecular complexity index is 934. The summed E-state index contributed by atoms with van der Waals surface area (Å²) in [6.07, 6.45) is 7.20. The van der Waals surface area contributed by atoms with Crippen molar-refractivity contribution in [3.63, 3.8) is 0 Å². The van der Waals surface area contributed by atoms with Crippen LogP contribution in [0.1, 0.15) is 28.9 Å². The number of nitrogens with zero attached hydrogens (tertiary/aromatic N) is 5. The fourth-order valence-electron chi connectivity index (χ4n) is 2.17. The number of hydrogen-bond donors (Lipinski definition) is 0. The second-order valence-corrected chi connectivity index (χ2v) is 5.21. The number of nitro groups is 1. The van der Waals surface area contributed by atoms with E-state index < -0.39 is 4.92 Å². The van der Waals surface area contributed by atoms with Crippen molar-refractivity contribution in [2.24, 2.45) is 0 Å². The van der Waals surface area contributed by atoms with Crippen LogP contribution in [-0.2, 0) is 13.1 Å². The van der Waals surface area contributed by atoms with Crippen LogP contribution in [0.4, 0.5) is 5.69 Å². The van der Waals surface area contributed by atoms with Gasteiger partial charge in [0.2, 0.25) is 5.78 Å². The summed E-state index contributed by atoms with van der Waals surface area (Å²) in [5.41, 5.74) is 0.289. The lowest BCUT2D eigenvalue weighted by molar-refractivity contribution is -0.385. The lowest BCUT2D eigenvalue weighted by atomic mass is 10.2. The van der Waals surface area contributed by atoms with Gasteiger partial charge in [0.25, 0.3) is 0 Å². The Morgan fingerprint density at radius 2 is 2.20 bits per heavy atom. The maximum absolute atomic E-state index is 12.0. The van der Waals surface area contributed by atoms with Crippen molar-refractivity contribution in [3.8, 4) is 0 Å². The minimum absolute atomic E-state index is 0.0798. The van der Waals surface area contributed by atoms with E-state index in [1.54, 1.807) is 35.2 Å². The largest absolute Gasteiger partial charge is 0.460 e. The molecule has 0 bridgehead atoms. The molecule has 3 aromatic rings. The molecule has 0 aliphatic rings. The Morgan fingerprint density at radius 3 is 2.88 bits per heavy atom. The van der Waals surface area contributed by atoms with Gasteiger partial charge in [0.05, 0.1) is 11.5 Å². The summed E-state index contributed by atoms with van der Waals surface area (Å²) in [7, 11) is 0. The highest BCUT2D eigenvalue weighted by Crippen LogP contribution is 2.14. The maximum atomic E-state index is 12.0. The Morgan fingerprint density at radius 1 is 1.36 bits per heavy atom. The Hall–Kier alpha value is -3.49. The first-order chi connectivity index (χ1) is 12.0. The molecule has 0 atom stereocenters. The lowest BCUT2D eigenvalue weighted by Crippen LogP contribution is -1.99. The van der Waals surface area contributed by atoms with Crippen LogP contribution >= 0.6 is 0 Å². The summed E-state index contributed by atoms with van der Waals surface area (Å²) in [6, 6.07) is 5.10. The zero-order valence-corrected chi connectivity index (χ0v) is 13.4. The van der Waals surface area contributed by atoms with Crippen molar-refractivity contribution in [1.29, 1.82) is 0 Å². The molecule has 0 saturated carbocycles. The van der Waals surface area contributed by atoms with Gasteiger partial charge in [-0.15, -0.1) is 0 Å². The van der Waals surface area contributed by atoms with Crippen molar-refractivity contribution >= 4 is 17.5 Å². The summed E-state index contributed by atoms with van der Waals surface area (Å²) in [6.45, 7) is 2.90. The van der Waals surface area contributed by atoms with E-state index in [0.717, 1.165) is 0 Å². The molecular formula is C16H15N5O4. The molecule has 0 spiro atoms. The van der Waals surface area contributed by atoms with Gasteiger partial charge >= 0.3 is 5.69 Å². The van der Waals surface area contributed by atoms with Crippen LogP contribution in [0.25, 0.3) is 6.08 Å². The molecule has 3 aromatic heterocycles. The first kappa shape index (κ1) is 16.4. The van der Waals surface area contributed by atoms with E-state index in [1.807, 2.05) is 6.92 Å². The van der Waals surface area contributed by atoms with Gasteiger partial charge in [0.1, 0.15) is 29.6 Å². The second-order valence-electron chi connectivity index (χ2n) is 5.21. The highest BCUT2D eigenvalue weighted by atomic mass is 16.6. The molecule has 0 amide bonds. The van der Waals surface area contributed by atoms with E-state index in [0.29, 0.717) is 23.8 Å². The van der Waals surface area contributed by atoms with Crippen molar-refractivity contribution in [2.75, 3.05) is 0 Å². The Labute approximate surface area is 142 Å². The third-order valence-corrected chi connectivity index (χ3v) is 3.45. The second kappa shape index (κ2) is 6.95. The number of rotatable bonds is 7. The van der Waals surface area contributed by atoms with Crippen LogP contribution in [0, 0.1) is 10.1 Å². The number of aromatic nitrogens is 4. The molecule has 0 aliphatic heterocycles. The molecule has 9 nitrogen and oxygen atoms in total. The smallest absolute Gasteiger partial charge is 0.307 e. The van der Waals surface area contributed by atoms with E-state index in [2.05, 4.69) is 10.2 Å². The van der Waals surface area contributed by atoms with E-state index in [1.165, 1.54) is 23.2 Å². The van der Waals surface area contributed by atoms with Crippen molar-refractivity contribution in [1.82, 2.24) is 19.6 Å². The van der Waals surface area contributed by atoms with Gasteiger partial charge in [-0.1, -0.05) is 0 Å². The van der Waals surface area contributed by atoms with Gasteiger partial charge in [-0.05, 0) is 37.3 Å². The lowest BCUT2D eigenvalue weighted by Gasteiger charge is -1.96. The molecule has 3 heterocycles. The number of ketones is 1. The number of carbonyl (C=O) groups is 1. The van der Waals surface area contributed by atoms with Crippen molar-refractivity contribution in [2.45, 2.75) is 20.0 Å². The van der Waals surface area contributed by atoms with Gasteiger partial charge in [0, 0.05) is 12.7 Å². The number of carbonyl (C=O) groups excluding carboxylic acids is 1. The number of hydrogen-bond acceptors (Lipinski definition) is 6. The molecule has 0 aliphatic carbocycles. The van der Waals surface area contributed by atoms with Gasteiger partial charge < -0.3 is 4.42 Å². The van der Waals surface area contributed by atoms with E-state index in [-0.39, 0.29) is 18.0 Å². The fraction of sp³-hybridized carbons (Fsp3) is 0.188. The van der Waals surface area contributed by atoms with Crippen LogP contribution < -0.4 is 0 Å². The summed E-state index contributed by atoms with van der Waals surface area (Å²) in [5.74, 6) is 0.855. The van der Waals surface area contributed by atoms with Crippen molar-refractivity contribution in [3.05, 3.63) is 70.2 Å². The Kier molecular flexibility index (Phi) is 4.55. The molecule has 0 N–H and O–H groups in total. The molecule has 0 saturated heterocycles. The number of aryl methyl sites for hydroxylation is 1. The van der Waals surface area contributed by atoms with Gasteiger partial charge in [-0.3, -0.25) is 24.3 Å². The molecule has 0 radical (unpaired) electrons. The quantitative estimate of drug-likeness (QED) is 0.283. The fourth-order valence-corrected chi connectivity index (χ4v) is 2.17. The summed E-state index contributed by atoms with van der Waals surface area (Å²) >= 11 is 0. The molecule has 9 heteroatoms. The van der Waals surface area contributed by atoms with Crippen LogP contribution in [0.15, 0.2) is 47.3 Å². The number of allylic oxidation sites excluding steroid dienone is 1. The first-order valence-electron chi connectivity index (χ1n) is 7.56. The zero-order chi connectivity index (χ0) is 17.8. The average Bonchev–Trinajstić information content (AvgIpc) is 3.33. The highest BCUT2D eigenvalue weighted by molar-refractivity contribution is 6.05. The maximum Gasteiger partial charge on any atom is 0.307 e. The van der Waals surface area contributed by atoms with E-state index >= 15 is 0 Å². The van der Waals surface area contributed by atoms with Gasteiger partial charge in [-0.25, -0.2) is 0 Å². The van der Waals surface area contributed by atoms with E-state index in [4.69, 9.17) is 4.42 Å². The summed E-state index contributed by atoms with van der Waals surface area (Å²) in [5, 5.41) is 18.7. The summed E-state index contributed by atoms with van der Waals surface area (Å²) in [4.78, 5) is 22.2. The SMILES string of the molecule is CCn1ccc(C(=O)/C=C/c2ccc(Cn3cc([N+](=O)[O-])cn3)o2)n1. The normalized spacial score (nSPS) is 11.2. The minimum atomic E-state index is -0.509. The summed E-state index contributed by atoms with van der Waals surface area (Å²) < 4.78 is 8.66. The minimum Gasteiger partial charge on any atom is -0.460 e. The van der Waals surface area contributed by atoms with Crippen LogP contribution in [0.2, 0.25) is 0 Å². The van der Waals surface area contributed by atoms with Gasteiger partial charge in [-0.2, -0.15) is 10.2 Å². The van der Waals surface area contributed by atoms with Crippen molar-refractivity contribution < 1.29 is 14.1 Å². The molecule has 0 aromatic carbocycles. The van der Waals surface area contributed by atoms with Crippen LogP contribution in [0.3, 0.4) is 0 Å². The highest BCUT2D eigenvalue weighted by Gasteiger charge is 2.10. The third-order valence-electron chi connectivity index (χ3n) is 3.45. The standard InChI is InChI=1S/C16H15N5O4/c1-2-19-8-7-15(18-19)16(22)6-5-13-3-4-14(25-13)11-20-10-12(9-17-20)21(23)24/h3-10H,2,11H2,1H3/b6-5+. The predicted molar refractivity (Wildman–Crippen MR) is 88.0 cm³/mol. The molecule has 25 heavy (non-hydrogen) atoms. The third kappa shape index (κ3) is 3.89. The molecule has 3 rings (SSSR count). The topological polar surface area (TPSA) is 109 Å². The number of furan rings is 1. The molecule has 0 unspecified atom stereocenters. The Balaban J connectivity index is 1.64.